The molecule has 0 amide bonds. The summed E-state index contributed by atoms with van der Waals surface area (Å²) in [6, 6.07) is 66.4. The highest BCUT2D eigenvalue weighted by Gasteiger charge is 2.25. The fourth-order valence-corrected chi connectivity index (χ4v) is 8.82. The summed E-state index contributed by atoms with van der Waals surface area (Å²) in [5.74, 6) is 1.95. The van der Waals surface area contributed by atoms with Gasteiger partial charge < -0.3 is 9.13 Å². The second-order valence-electron chi connectivity index (χ2n) is 14.9. The predicted molar refractivity (Wildman–Crippen MR) is 240 cm³/mol. The van der Waals surface area contributed by atoms with Crippen LogP contribution in [0.3, 0.4) is 0 Å². The number of nitrogens with zero attached hydrogens (tertiary/aromatic N) is 5. The lowest BCUT2D eigenvalue weighted by Gasteiger charge is -2.15. The lowest BCUT2D eigenvalue weighted by Crippen LogP contribution is -2.01. The molecule has 0 atom stereocenters. The molecule has 0 aliphatic rings. The lowest BCUT2D eigenvalue weighted by molar-refractivity contribution is 1.05. The molecule has 0 saturated carbocycles. The molecule has 0 radical (unpaired) electrons. The van der Waals surface area contributed by atoms with Gasteiger partial charge in [-0.2, -0.15) is 0 Å². The predicted octanol–water partition coefficient (Wildman–Crippen LogP) is 13.4. The van der Waals surface area contributed by atoms with Gasteiger partial charge in [0.25, 0.3) is 0 Å². The maximum Gasteiger partial charge on any atom is 0.164 e. The van der Waals surface area contributed by atoms with Gasteiger partial charge in [-0.3, -0.25) is 0 Å². The van der Waals surface area contributed by atoms with Crippen LogP contribution in [0.5, 0.6) is 0 Å². The molecule has 5 heteroatoms. The summed E-state index contributed by atoms with van der Waals surface area (Å²) in [4.78, 5) is 15.1. The number of fused-ring (bicyclic) bond motifs is 4. The number of aryl methyl sites for hydroxylation is 1. The summed E-state index contributed by atoms with van der Waals surface area (Å²) in [6.07, 6.45) is 0. The van der Waals surface area contributed by atoms with Crippen molar-refractivity contribution in [3.8, 4) is 56.8 Å². The Morgan fingerprint density at radius 2 is 0.914 bits per heavy atom. The molecule has 0 N–H and O–H groups in total. The zero-order valence-corrected chi connectivity index (χ0v) is 32.1. The fraction of sp³-hybridized carbons (Fsp3) is 0.0377. The van der Waals surface area contributed by atoms with Gasteiger partial charge in [-0.1, -0.05) is 152 Å². The SMILES string of the molecule is Cc1c(-c2c(C)n(-c3ccc4c(-c5nc(-c6ccccc6)nc(-c6ccccc6)n5)cccc4c3)c3ccccc23)n(-c2ccc3ccccc3c2)c2ccccc12. The van der Waals surface area contributed by atoms with Crippen LogP contribution in [0.2, 0.25) is 0 Å². The first-order valence-corrected chi connectivity index (χ1v) is 19.7. The molecule has 11 aromatic rings. The van der Waals surface area contributed by atoms with Crippen LogP contribution in [-0.2, 0) is 0 Å². The van der Waals surface area contributed by atoms with Crippen LogP contribution in [0.15, 0.2) is 188 Å². The molecular weight excluding hydrogens is 707 g/mol. The Morgan fingerprint density at radius 1 is 0.379 bits per heavy atom. The van der Waals surface area contributed by atoms with Crippen LogP contribution in [0, 0.1) is 13.8 Å². The molecule has 58 heavy (non-hydrogen) atoms. The number of hydrogen-bond donors (Lipinski definition) is 0. The lowest BCUT2D eigenvalue weighted by atomic mass is 10.0. The van der Waals surface area contributed by atoms with Gasteiger partial charge in [0, 0.05) is 50.1 Å². The first-order chi connectivity index (χ1) is 28.6. The summed E-state index contributed by atoms with van der Waals surface area (Å²) >= 11 is 0. The van der Waals surface area contributed by atoms with E-state index < -0.39 is 0 Å². The van der Waals surface area contributed by atoms with E-state index in [1.807, 2.05) is 60.7 Å². The summed E-state index contributed by atoms with van der Waals surface area (Å²) in [5.41, 5.74) is 12.4. The van der Waals surface area contributed by atoms with Gasteiger partial charge in [-0.05, 0) is 77.4 Å². The molecule has 3 aromatic heterocycles. The average Bonchev–Trinajstić information content (AvgIpc) is 3.75. The Labute approximate surface area is 336 Å². The Kier molecular flexibility index (Phi) is 7.86. The van der Waals surface area contributed by atoms with E-state index in [0.29, 0.717) is 17.5 Å². The monoisotopic (exact) mass is 743 g/mol. The minimum atomic E-state index is 0.646. The fourth-order valence-electron chi connectivity index (χ4n) is 8.82. The van der Waals surface area contributed by atoms with Crippen LogP contribution < -0.4 is 0 Å². The maximum absolute atomic E-state index is 5.07. The quantitative estimate of drug-likeness (QED) is 0.170. The highest BCUT2D eigenvalue weighted by molar-refractivity contribution is 6.05. The Balaban J connectivity index is 1.10. The molecule has 5 nitrogen and oxygen atoms in total. The van der Waals surface area contributed by atoms with Crippen molar-refractivity contribution in [2.45, 2.75) is 13.8 Å². The normalized spacial score (nSPS) is 11.6. The number of aromatic nitrogens is 5. The van der Waals surface area contributed by atoms with Crippen molar-refractivity contribution in [2.75, 3.05) is 0 Å². The number of benzene rings is 8. The molecule has 0 bridgehead atoms. The molecule has 0 aliphatic carbocycles. The summed E-state index contributed by atoms with van der Waals surface area (Å²) in [5, 5.41) is 7.12. The second-order valence-corrected chi connectivity index (χ2v) is 14.9. The van der Waals surface area contributed by atoms with Crippen LogP contribution in [0.4, 0.5) is 0 Å². The van der Waals surface area contributed by atoms with Crippen LogP contribution in [0.25, 0.3) is 100 Å². The van der Waals surface area contributed by atoms with Crippen molar-refractivity contribution in [2.24, 2.45) is 0 Å². The van der Waals surface area contributed by atoms with Crippen molar-refractivity contribution < 1.29 is 0 Å². The Hall–Kier alpha value is -7.63. The molecule has 8 aromatic carbocycles. The van der Waals surface area contributed by atoms with E-state index in [0.717, 1.165) is 44.4 Å². The molecular formula is C53H37N5. The van der Waals surface area contributed by atoms with Crippen LogP contribution in [0.1, 0.15) is 11.3 Å². The van der Waals surface area contributed by atoms with E-state index in [9.17, 15) is 0 Å². The highest BCUT2D eigenvalue weighted by Crippen LogP contribution is 2.44. The van der Waals surface area contributed by atoms with Gasteiger partial charge >= 0.3 is 0 Å². The van der Waals surface area contributed by atoms with Crippen molar-refractivity contribution in [1.82, 2.24) is 24.1 Å². The minimum Gasteiger partial charge on any atom is -0.313 e. The van der Waals surface area contributed by atoms with E-state index in [2.05, 4.69) is 150 Å². The van der Waals surface area contributed by atoms with E-state index >= 15 is 0 Å². The standard InChI is InChI=1S/C53H37N5/c1-34-43-23-11-13-26-47(43)58(42-29-28-36-16-9-10-21-39(36)32-42)50(34)49-35(2)57(48-27-14-12-24-46(48)49)41-30-31-44-40(33-41)22-15-25-45(44)53-55-51(37-17-5-3-6-18-37)54-52(56-53)38-19-7-4-8-20-38/h3-33H,1-2H3. The third-order valence-corrected chi connectivity index (χ3v) is 11.5. The third kappa shape index (κ3) is 5.43. The molecule has 0 fully saturated rings. The van der Waals surface area contributed by atoms with E-state index in [-0.39, 0.29) is 0 Å². The topological polar surface area (TPSA) is 48.5 Å². The minimum absolute atomic E-state index is 0.646. The van der Waals surface area contributed by atoms with Crippen molar-refractivity contribution >= 4 is 43.4 Å². The van der Waals surface area contributed by atoms with E-state index in [1.54, 1.807) is 0 Å². The Bertz CT molecular complexity index is 3300. The molecule has 3 heterocycles. The summed E-state index contributed by atoms with van der Waals surface area (Å²) < 4.78 is 4.88. The zero-order valence-electron chi connectivity index (χ0n) is 32.1. The van der Waals surface area contributed by atoms with Crippen LogP contribution in [-0.4, -0.2) is 24.1 Å². The van der Waals surface area contributed by atoms with Gasteiger partial charge in [-0.25, -0.2) is 15.0 Å². The largest absolute Gasteiger partial charge is 0.313 e. The van der Waals surface area contributed by atoms with Gasteiger partial charge in [0.05, 0.1) is 16.7 Å². The van der Waals surface area contributed by atoms with Gasteiger partial charge in [-0.15, -0.1) is 0 Å². The molecule has 0 aliphatic heterocycles. The number of para-hydroxylation sites is 2. The van der Waals surface area contributed by atoms with Crippen molar-refractivity contribution in [3.05, 3.63) is 199 Å². The molecule has 0 spiro atoms. The van der Waals surface area contributed by atoms with E-state index in [1.165, 1.54) is 49.6 Å². The first kappa shape index (κ1) is 33.7. The smallest absolute Gasteiger partial charge is 0.164 e. The third-order valence-electron chi connectivity index (χ3n) is 11.5. The summed E-state index contributed by atoms with van der Waals surface area (Å²) in [7, 11) is 0. The molecule has 0 saturated heterocycles. The number of rotatable bonds is 6. The van der Waals surface area contributed by atoms with Crippen molar-refractivity contribution in [1.29, 1.82) is 0 Å². The molecule has 274 valence electrons. The summed E-state index contributed by atoms with van der Waals surface area (Å²) in [6.45, 7) is 4.53. The van der Waals surface area contributed by atoms with Crippen molar-refractivity contribution in [3.63, 3.8) is 0 Å². The second kappa shape index (κ2) is 13.5. The van der Waals surface area contributed by atoms with Crippen LogP contribution >= 0.6 is 0 Å². The molecule has 0 unspecified atom stereocenters. The first-order valence-electron chi connectivity index (χ1n) is 19.7. The number of hydrogen-bond acceptors (Lipinski definition) is 3. The van der Waals surface area contributed by atoms with Gasteiger partial charge in [0.15, 0.2) is 17.5 Å². The van der Waals surface area contributed by atoms with E-state index in [4.69, 9.17) is 15.0 Å². The average molecular weight is 744 g/mol. The Morgan fingerprint density at radius 3 is 1.64 bits per heavy atom. The zero-order chi connectivity index (χ0) is 38.7. The highest BCUT2D eigenvalue weighted by atomic mass is 15.0. The van der Waals surface area contributed by atoms with Gasteiger partial charge in [0.2, 0.25) is 0 Å². The molecule has 11 rings (SSSR count). The van der Waals surface area contributed by atoms with Gasteiger partial charge in [0.1, 0.15) is 0 Å². The maximum atomic E-state index is 5.07.